The number of aryl methyl sites for hydroxylation is 1. The van der Waals surface area contributed by atoms with E-state index in [0.717, 1.165) is 34.5 Å². The van der Waals surface area contributed by atoms with E-state index in [1.807, 2.05) is 35.1 Å². The standard InChI is InChI=1S/C28H29F4N3O/c1-26-15-21-17-34-35(24-8-6-23(29)7-9-24)25(21)14-22(26)11-13-27(26,36)12-10-19-4-2-3-5-20(19)16-33-18-28(30,31)32/h2-9,14,17,33,36H,10-13,15-16,18H2,1H3/t26-,27-/m0/s1. The van der Waals surface area contributed by atoms with Gasteiger partial charge in [-0.05, 0) is 79.1 Å². The predicted octanol–water partition coefficient (Wildman–Crippen LogP) is 5.77. The van der Waals surface area contributed by atoms with Crippen LogP contribution in [0.3, 0.4) is 0 Å². The van der Waals surface area contributed by atoms with Crippen molar-refractivity contribution in [1.82, 2.24) is 15.1 Å². The molecule has 190 valence electrons. The van der Waals surface area contributed by atoms with Crippen LogP contribution in [0.15, 0.2) is 60.3 Å². The Balaban J connectivity index is 1.34. The molecular formula is C28H29F4N3O. The van der Waals surface area contributed by atoms with Crippen molar-refractivity contribution in [2.75, 3.05) is 6.54 Å². The molecule has 0 unspecified atom stereocenters. The molecule has 0 amide bonds. The van der Waals surface area contributed by atoms with Gasteiger partial charge in [-0.25, -0.2) is 9.07 Å². The maximum absolute atomic E-state index is 13.4. The van der Waals surface area contributed by atoms with Gasteiger partial charge in [-0.15, -0.1) is 0 Å². The first kappa shape index (κ1) is 24.7. The van der Waals surface area contributed by atoms with Gasteiger partial charge < -0.3 is 10.4 Å². The normalized spacial score (nSPS) is 23.3. The number of fused-ring (bicyclic) bond motifs is 2. The number of rotatable bonds is 7. The Labute approximate surface area is 207 Å². The van der Waals surface area contributed by atoms with Crippen LogP contribution in [0.5, 0.6) is 0 Å². The molecule has 1 fully saturated rings. The Bertz CT molecular complexity index is 1280. The molecule has 8 heteroatoms. The molecule has 4 nitrogen and oxygen atoms in total. The first-order valence-electron chi connectivity index (χ1n) is 12.2. The molecule has 2 aromatic carbocycles. The van der Waals surface area contributed by atoms with Crippen LogP contribution < -0.4 is 5.32 Å². The quantitative estimate of drug-likeness (QED) is 0.406. The fourth-order valence-electron chi connectivity index (χ4n) is 5.77. The summed E-state index contributed by atoms with van der Waals surface area (Å²) in [7, 11) is 0. The van der Waals surface area contributed by atoms with E-state index < -0.39 is 23.7 Å². The van der Waals surface area contributed by atoms with Crippen LogP contribution in [0.25, 0.3) is 11.8 Å². The topological polar surface area (TPSA) is 50.1 Å². The van der Waals surface area contributed by atoms with Gasteiger partial charge in [0.25, 0.3) is 0 Å². The van der Waals surface area contributed by atoms with Crippen molar-refractivity contribution in [2.24, 2.45) is 5.41 Å². The van der Waals surface area contributed by atoms with E-state index in [0.29, 0.717) is 25.7 Å². The first-order valence-corrected chi connectivity index (χ1v) is 12.2. The lowest BCUT2D eigenvalue weighted by Crippen LogP contribution is -2.45. The van der Waals surface area contributed by atoms with Gasteiger partial charge in [0, 0.05) is 12.0 Å². The molecule has 0 saturated heterocycles. The molecule has 0 radical (unpaired) electrons. The number of nitrogens with one attached hydrogen (secondary N) is 1. The third-order valence-corrected chi connectivity index (χ3v) is 7.92. The Hall–Kier alpha value is -2.97. The highest BCUT2D eigenvalue weighted by Gasteiger charge is 2.54. The van der Waals surface area contributed by atoms with Crippen molar-refractivity contribution >= 4 is 6.08 Å². The fourth-order valence-corrected chi connectivity index (χ4v) is 5.77. The zero-order valence-electron chi connectivity index (χ0n) is 20.1. The molecule has 2 aliphatic rings. The number of nitrogens with zero attached hydrogens (tertiary/aromatic N) is 2. The van der Waals surface area contributed by atoms with Crippen LogP contribution in [-0.2, 0) is 19.4 Å². The van der Waals surface area contributed by atoms with Gasteiger partial charge in [0.1, 0.15) is 5.82 Å². The number of hydrogen-bond donors (Lipinski definition) is 2. The van der Waals surface area contributed by atoms with Crippen LogP contribution in [-0.4, -0.2) is 33.2 Å². The fraction of sp³-hybridized carbons (Fsp3) is 0.393. The summed E-state index contributed by atoms with van der Waals surface area (Å²) in [5.41, 5.74) is 4.30. The van der Waals surface area contributed by atoms with Crippen LogP contribution in [0.4, 0.5) is 17.6 Å². The van der Waals surface area contributed by atoms with Gasteiger partial charge in [-0.1, -0.05) is 36.8 Å². The minimum atomic E-state index is -4.25. The Morgan fingerprint density at radius 1 is 1.08 bits per heavy atom. The van der Waals surface area contributed by atoms with E-state index in [1.165, 1.54) is 17.7 Å². The van der Waals surface area contributed by atoms with Crippen molar-refractivity contribution in [3.05, 3.63) is 88.5 Å². The van der Waals surface area contributed by atoms with Crippen LogP contribution in [0, 0.1) is 11.2 Å². The second-order valence-corrected chi connectivity index (χ2v) is 10.1. The largest absolute Gasteiger partial charge is 0.401 e. The molecule has 1 aromatic heterocycles. The van der Waals surface area contributed by atoms with E-state index in [2.05, 4.69) is 23.4 Å². The molecule has 2 N–H and O–H groups in total. The van der Waals surface area contributed by atoms with Crippen molar-refractivity contribution in [3.8, 4) is 5.69 Å². The van der Waals surface area contributed by atoms with E-state index >= 15 is 0 Å². The molecule has 0 aliphatic heterocycles. The van der Waals surface area contributed by atoms with E-state index in [1.54, 1.807) is 12.1 Å². The summed E-state index contributed by atoms with van der Waals surface area (Å²) in [6.45, 7) is 1.19. The zero-order chi connectivity index (χ0) is 25.6. The molecule has 5 rings (SSSR count). The summed E-state index contributed by atoms with van der Waals surface area (Å²) < 4.78 is 52.9. The van der Waals surface area contributed by atoms with Gasteiger partial charge in [0.05, 0.1) is 29.7 Å². The number of aliphatic hydroxyl groups is 1. The highest BCUT2D eigenvalue weighted by molar-refractivity contribution is 5.62. The summed E-state index contributed by atoms with van der Waals surface area (Å²) in [6, 6.07) is 13.7. The summed E-state index contributed by atoms with van der Waals surface area (Å²) >= 11 is 0. The van der Waals surface area contributed by atoms with Crippen LogP contribution >= 0.6 is 0 Å². The van der Waals surface area contributed by atoms with Crippen molar-refractivity contribution < 1.29 is 22.7 Å². The Morgan fingerprint density at radius 3 is 2.53 bits per heavy atom. The second kappa shape index (κ2) is 9.16. The number of benzene rings is 2. The zero-order valence-corrected chi connectivity index (χ0v) is 20.1. The smallest absolute Gasteiger partial charge is 0.389 e. The van der Waals surface area contributed by atoms with Gasteiger partial charge in [0.2, 0.25) is 0 Å². The van der Waals surface area contributed by atoms with Gasteiger partial charge in [-0.2, -0.15) is 18.3 Å². The van der Waals surface area contributed by atoms with Crippen LogP contribution in [0.2, 0.25) is 0 Å². The van der Waals surface area contributed by atoms with Gasteiger partial charge >= 0.3 is 6.18 Å². The minimum Gasteiger partial charge on any atom is -0.389 e. The van der Waals surface area contributed by atoms with E-state index in [4.69, 9.17) is 0 Å². The number of alkyl halides is 3. The van der Waals surface area contributed by atoms with E-state index in [-0.39, 0.29) is 12.4 Å². The number of hydrogen-bond acceptors (Lipinski definition) is 3. The number of halogens is 4. The second-order valence-electron chi connectivity index (χ2n) is 10.1. The average Bonchev–Trinajstić information content (AvgIpc) is 3.34. The molecule has 3 aromatic rings. The lowest BCUT2D eigenvalue weighted by Gasteiger charge is -2.42. The maximum atomic E-state index is 13.4. The first-order chi connectivity index (χ1) is 17.1. The summed E-state index contributed by atoms with van der Waals surface area (Å²) in [6.07, 6.45) is 2.79. The third-order valence-electron chi connectivity index (χ3n) is 7.92. The molecule has 0 spiro atoms. The third kappa shape index (κ3) is 4.60. The van der Waals surface area contributed by atoms with E-state index in [9.17, 15) is 22.7 Å². The SMILES string of the molecule is C[C@]12Cc3cnn(-c4ccc(F)cc4)c3C=C1CC[C@@]2(O)CCc1ccccc1CNCC(F)(F)F. The Morgan fingerprint density at radius 2 is 1.81 bits per heavy atom. The monoisotopic (exact) mass is 499 g/mol. The molecule has 36 heavy (non-hydrogen) atoms. The summed E-state index contributed by atoms with van der Waals surface area (Å²) in [5, 5.41) is 18.9. The maximum Gasteiger partial charge on any atom is 0.401 e. The van der Waals surface area contributed by atoms with Crippen molar-refractivity contribution in [1.29, 1.82) is 0 Å². The van der Waals surface area contributed by atoms with Gasteiger partial charge in [-0.3, -0.25) is 0 Å². The molecule has 2 atom stereocenters. The molecular weight excluding hydrogens is 470 g/mol. The Kier molecular flexibility index (Phi) is 6.29. The van der Waals surface area contributed by atoms with Crippen LogP contribution in [0.1, 0.15) is 48.6 Å². The molecule has 1 saturated carbocycles. The van der Waals surface area contributed by atoms with Crippen molar-refractivity contribution in [3.63, 3.8) is 0 Å². The molecule has 1 heterocycles. The van der Waals surface area contributed by atoms with Crippen molar-refractivity contribution in [2.45, 2.75) is 57.3 Å². The average molecular weight is 500 g/mol. The highest BCUT2D eigenvalue weighted by Crippen LogP contribution is 2.56. The molecule has 0 bridgehead atoms. The summed E-state index contributed by atoms with van der Waals surface area (Å²) in [4.78, 5) is 0. The summed E-state index contributed by atoms with van der Waals surface area (Å²) in [5.74, 6) is -0.302. The highest BCUT2D eigenvalue weighted by atomic mass is 19.4. The van der Waals surface area contributed by atoms with Gasteiger partial charge in [0.15, 0.2) is 0 Å². The lowest BCUT2D eigenvalue weighted by atomic mass is 9.65. The lowest BCUT2D eigenvalue weighted by molar-refractivity contribution is -0.125. The predicted molar refractivity (Wildman–Crippen MR) is 130 cm³/mol. The molecule has 2 aliphatic carbocycles. The number of aromatic nitrogens is 2. The minimum absolute atomic E-state index is 0.127.